The van der Waals surface area contributed by atoms with Crippen LogP contribution in [0.15, 0.2) is 24.3 Å². The molecule has 128 valence electrons. The fourth-order valence-electron chi connectivity index (χ4n) is 4.34. The predicted molar refractivity (Wildman–Crippen MR) is 90.5 cm³/mol. The van der Waals surface area contributed by atoms with Crippen LogP contribution in [0.3, 0.4) is 0 Å². The van der Waals surface area contributed by atoms with Gasteiger partial charge in [-0.25, -0.2) is 0 Å². The molecule has 2 N–H and O–H groups in total. The van der Waals surface area contributed by atoms with Gasteiger partial charge in [0.1, 0.15) is 0 Å². The standard InChI is InChI=1S/C19H29NO3/c1-23-10-4-8-19(14-21)13-20(9-7-18(19)22)17-11-15-5-2-3-6-16(15)12-17/h2-3,5-6,17-18,21-22H,4,7-14H2,1H3/t18-,19+/m1/s1. The van der Waals surface area contributed by atoms with Crippen molar-refractivity contribution in [2.75, 3.05) is 33.4 Å². The highest BCUT2D eigenvalue weighted by Gasteiger charge is 2.44. The minimum atomic E-state index is -0.413. The summed E-state index contributed by atoms with van der Waals surface area (Å²) in [5, 5.41) is 20.5. The molecule has 1 aliphatic carbocycles. The predicted octanol–water partition coefficient (Wildman–Crippen LogP) is 1.63. The van der Waals surface area contributed by atoms with E-state index in [0.717, 1.165) is 45.2 Å². The molecule has 2 aliphatic rings. The van der Waals surface area contributed by atoms with Crippen molar-refractivity contribution in [3.8, 4) is 0 Å². The zero-order valence-corrected chi connectivity index (χ0v) is 14.1. The fraction of sp³-hybridized carbons (Fsp3) is 0.684. The Morgan fingerprint density at radius 3 is 2.57 bits per heavy atom. The summed E-state index contributed by atoms with van der Waals surface area (Å²) in [6, 6.07) is 9.19. The summed E-state index contributed by atoms with van der Waals surface area (Å²) in [6.07, 6.45) is 4.21. The van der Waals surface area contributed by atoms with Crippen molar-refractivity contribution in [1.82, 2.24) is 4.90 Å². The molecule has 4 nitrogen and oxygen atoms in total. The molecule has 2 atom stereocenters. The van der Waals surface area contributed by atoms with Crippen LogP contribution in [0.5, 0.6) is 0 Å². The molecule has 4 heteroatoms. The molecule has 1 aliphatic heterocycles. The summed E-state index contributed by atoms with van der Waals surface area (Å²) in [5.74, 6) is 0. The van der Waals surface area contributed by atoms with E-state index < -0.39 is 11.5 Å². The molecule has 3 rings (SSSR count). The molecule has 1 aromatic rings. The maximum absolute atomic E-state index is 10.5. The van der Waals surface area contributed by atoms with Crippen LogP contribution in [0.4, 0.5) is 0 Å². The Labute approximate surface area is 139 Å². The van der Waals surface area contributed by atoms with Crippen LogP contribution in [0.25, 0.3) is 0 Å². The van der Waals surface area contributed by atoms with Crippen molar-refractivity contribution in [2.24, 2.45) is 5.41 Å². The lowest BCUT2D eigenvalue weighted by atomic mass is 9.74. The number of methoxy groups -OCH3 is 1. The third-order valence-corrected chi connectivity index (χ3v) is 5.80. The number of fused-ring (bicyclic) bond motifs is 1. The molecular weight excluding hydrogens is 290 g/mol. The molecule has 0 aromatic heterocycles. The van der Waals surface area contributed by atoms with Crippen LogP contribution >= 0.6 is 0 Å². The van der Waals surface area contributed by atoms with Crippen molar-refractivity contribution < 1.29 is 14.9 Å². The van der Waals surface area contributed by atoms with E-state index in [0.29, 0.717) is 12.6 Å². The molecule has 1 saturated heterocycles. The van der Waals surface area contributed by atoms with Crippen molar-refractivity contribution >= 4 is 0 Å². The summed E-state index contributed by atoms with van der Waals surface area (Å²) in [6.45, 7) is 2.44. The van der Waals surface area contributed by atoms with E-state index in [2.05, 4.69) is 29.2 Å². The van der Waals surface area contributed by atoms with Crippen LogP contribution < -0.4 is 0 Å². The Balaban J connectivity index is 1.68. The van der Waals surface area contributed by atoms with E-state index in [1.165, 1.54) is 11.1 Å². The number of piperidine rings is 1. The second-order valence-corrected chi connectivity index (χ2v) is 7.22. The number of rotatable bonds is 6. The van der Waals surface area contributed by atoms with E-state index >= 15 is 0 Å². The maximum Gasteiger partial charge on any atom is 0.0642 e. The Morgan fingerprint density at radius 1 is 1.26 bits per heavy atom. The quantitative estimate of drug-likeness (QED) is 0.783. The molecule has 0 bridgehead atoms. The van der Waals surface area contributed by atoms with Gasteiger partial charge in [0.05, 0.1) is 12.7 Å². The second-order valence-electron chi connectivity index (χ2n) is 7.22. The Bertz CT molecular complexity index is 496. The van der Waals surface area contributed by atoms with Crippen LogP contribution in [0, 0.1) is 5.41 Å². The average Bonchev–Trinajstić information content (AvgIpc) is 3.01. The Hall–Kier alpha value is -0.940. The topological polar surface area (TPSA) is 52.9 Å². The van der Waals surface area contributed by atoms with Crippen molar-refractivity contribution in [1.29, 1.82) is 0 Å². The number of likely N-dealkylation sites (tertiary alicyclic amines) is 1. The van der Waals surface area contributed by atoms with Crippen molar-refractivity contribution in [3.63, 3.8) is 0 Å². The molecule has 0 saturated carbocycles. The molecule has 0 spiro atoms. The van der Waals surface area contributed by atoms with Gasteiger partial charge in [-0.1, -0.05) is 24.3 Å². The summed E-state index contributed by atoms with van der Waals surface area (Å²) in [7, 11) is 1.70. The highest BCUT2D eigenvalue weighted by atomic mass is 16.5. The van der Waals surface area contributed by atoms with E-state index in [-0.39, 0.29) is 6.61 Å². The first-order valence-corrected chi connectivity index (χ1v) is 8.77. The molecule has 1 heterocycles. The fourth-order valence-corrected chi connectivity index (χ4v) is 4.34. The number of nitrogens with zero attached hydrogens (tertiary/aromatic N) is 1. The van der Waals surface area contributed by atoms with Gasteiger partial charge in [-0.05, 0) is 43.2 Å². The van der Waals surface area contributed by atoms with Gasteiger partial charge in [-0.15, -0.1) is 0 Å². The highest BCUT2D eigenvalue weighted by molar-refractivity contribution is 5.33. The number of aliphatic hydroxyl groups excluding tert-OH is 2. The first-order chi connectivity index (χ1) is 11.2. The molecular formula is C19H29NO3. The summed E-state index contributed by atoms with van der Waals surface area (Å²) in [5.41, 5.74) is 2.51. The number of hydrogen-bond donors (Lipinski definition) is 2. The molecule has 23 heavy (non-hydrogen) atoms. The lowest BCUT2D eigenvalue weighted by Crippen LogP contribution is -2.56. The lowest BCUT2D eigenvalue weighted by molar-refractivity contribution is -0.0907. The number of aliphatic hydroxyl groups is 2. The summed E-state index contributed by atoms with van der Waals surface area (Å²) < 4.78 is 5.15. The van der Waals surface area contributed by atoms with Gasteiger partial charge in [0.25, 0.3) is 0 Å². The molecule has 0 amide bonds. The monoisotopic (exact) mass is 319 g/mol. The molecule has 1 fully saturated rings. The zero-order chi connectivity index (χ0) is 16.3. The second kappa shape index (κ2) is 7.31. The number of hydrogen-bond acceptors (Lipinski definition) is 4. The van der Waals surface area contributed by atoms with Crippen LogP contribution in [-0.4, -0.2) is 60.7 Å². The third kappa shape index (κ3) is 3.45. The van der Waals surface area contributed by atoms with E-state index in [4.69, 9.17) is 4.74 Å². The maximum atomic E-state index is 10.5. The summed E-state index contributed by atoms with van der Waals surface area (Å²) in [4.78, 5) is 2.50. The van der Waals surface area contributed by atoms with E-state index in [9.17, 15) is 10.2 Å². The van der Waals surface area contributed by atoms with Gasteiger partial charge in [0.2, 0.25) is 0 Å². The third-order valence-electron chi connectivity index (χ3n) is 5.80. The average molecular weight is 319 g/mol. The Morgan fingerprint density at radius 2 is 1.96 bits per heavy atom. The highest BCUT2D eigenvalue weighted by Crippen LogP contribution is 2.37. The normalized spacial score (nSPS) is 28.9. The van der Waals surface area contributed by atoms with E-state index in [1.807, 2.05) is 0 Å². The molecule has 0 unspecified atom stereocenters. The first-order valence-electron chi connectivity index (χ1n) is 8.77. The van der Waals surface area contributed by atoms with Crippen LogP contribution in [-0.2, 0) is 17.6 Å². The zero-order valence-electron chi connectivity index (χ0n) is 14.1. The van der Waals surface area contributed by atoms with Gasteiger partial charge < -0.3 is 14.9 Å². The Kier molecular flexibility index (Phi) is 5.37. The largest absolute Gasteiger partial charge is 0.396 e. The number of benzene rings is 1. The minimum Gasteiger partial charge on any atom is -0.396 e. The van der Waals surface area contributed by atoms with Gasteiger partial charge >= 0.3 is 0 Å². The van der Waals surface area contributed by atoms with Gasteiger partial charge in [-0.3, -0.25) is 4.90 Å². The first kappa shape index (κ1) is 16.9. The molecule has 1 aromatic carbocycles. The lowest BCUT2D eigenvalue weighted by Gasteiger charge is -2.47. The minimum absolute atomic E-state index is 0.0497. The molecule has 0 radical (unpaired) electrons. The van der Waals surface area contributed by atoms with E-state index in [1.54, 1.807) is 7.11 Å². The van der Waals surface area contributed by atoms with Crippen molar-refractivity contribution in [2.45, 2.75) is 44.2 Å². The van der Waals surface area contributed by atoms with Gasteiger partial charge in [-0.2, -0.15) is 0 Å². The van der Waals surface area contributed by atoms with Gasteiger partial charge in [0.15, 0.2) is 0 Å². The number of ether oxygens (including phenoxy) is 1. The smallest absolute Gasteiger partial charge is 0.0642 e. The SMILES string of the molecule is COCCC[C@@]1(CO)CN(C2Cc3ccccc3C2)CC[C@H]1O. The van der Waals surface area contributed by atoms with Crippen LogP contribution in [0.2, 0.25) is 0 Å². The van der Waals surface area contributed by atoms with Crippen LogP contribution in [0.1, 0.15) is 30.4 Å². The summed E-state index contributed by atoms with van der Waals surface area (Å²) >= 11 is 0. The van der Waals surface area contributed by atoms with Crippen molar-refractivity contribution in [3.05, 3.63) is 35.4 Å². The van der Waals surface area contributed by atoms with Gasteiger partial charge in [0, 0.05) is 38.3 Å².